The Morgan fingerprint density at radius 2 is 2.14 bits per heavy atom. The van der Waals surface area contributed by atoms with E-state index in [0.29, 0.717) is 11.4 Å². The summed E-state index contributed by atoms with van der Waals surface area (Å²) in [5.74, 6) is 0.365. The van der Waals surface area contributed by atoms with E-state index in [2.05, 4.69) is 41.0 Å². The number of nitrogens with zero attached hydrogens (tertiary/aromatic N) is 3. The number of para-hydroxylation sites is 1. The molecular weight excluding hydrogens is 487 g/mol. The van der Waals surface area contributed by atoms with Gasteiger partial charge in [-0.1, -0.05) is 6.07 Å². The lowest BCUT2D eigenvalue weighted by molar-refractivity contribution is -0.121. The lowest BCUT2D eigenvalue weighted by Gasteiger charge is -2.30. The Bertz CT molecular complexity index is 1130. The first-order valence-corrected chi connectivity index (χ1v) is 10.2. The van der Waals surface area contributed by atoms with Crippen molar-refractivity contribution in [1.29, 1.82) is 0 Å². The number of imidazole rings is 1. The minimum absolute atomic E-state index is 0.0853. The highest BCUT2D eigenvalue weighted by molar-refractivity contribution is 14.1. The van der Waals surface area contributed by atoms with Crippen LogP contribution in [-0.2, 0) is 11.3 Å². The highest BCUT2D eigenvalue weighted by atomic mass is 127. The summed E-state index contributed by atoms with van der Waals surface area (Å²) in [6.45, 7) is 4.30. The molecule has 2 N–H and O–H groups in total. The average Bonchev–Trinajstić information content (AvgIpc) is 3.09. The van der Waals surface area contributed by atoms with Crippen LogP contribution >= 0.6 is 22.6 Å². The van der Waals surface area contributed by atoms with E-state index in [1.807, 2.05) is 18.2 Å². The quantitative estimate of drug-likeness (QED) is 0.322. The van der Waals surface area contributed by atoms with E-state index in [-0.39, 0.29) is 30.7 Å². The van der Waals surface area contributed by atoms with Crippen LogP contribution in [0.2, 0.25) is 0 Å². The normalized spacial score (nSPS) is 13.6. The Morgan fingerprint density at radius 1 is 1.34 bits per heavy atom. The molecular formula is C20H19IN4O4. The van der Waals surface area contributed by atoms with Crippen LogP contribution in [0.3, 0.4) is 0 Å². The number of fused-ring (bicyclic) bond motifs is 2. The summed E-state index contributed by atoms with van der Waals surface area (Å²) < 4.78 is 8.67. The fourth-order valence-corrected chi connectivity index (χ4v) is 4.15. The molecule has 3 aromatic rings. The Balaban J connectivity index is 1.81. The third-order valence-electron chi connectivity index (χ3n) is 4.83. The maximum absolute atomic E-state index is 12.7. The van der Waals surface area contributed by atoms with Crippen LogP contribution in [0.4, 0.5) is 5.69 Å². The van der Waals surface area contributed by atoms with E-state index in [9.17, 15) is 9.59 Å². The zero-order valence-corrected chi connectivity index (χ0v) is 18.0. The number of rotatable bonds is 4. The Kier molecular flexibility index (Phi) is 5.17. The second-order valence-electron chi connectivity index (χ2n) is 6.99. The number of hydrogen-bond donors (Lipinski definition) is 2. The summed E-state index contributed by atoms with van der Waals surface area (Å²) in [6, 6.07) is 10.8. The first-order valence-electron chi connectivity index (χ1n) is 9.07. The molecule has 4 rings (SSSR count). The van der Waals surface area contributed by atoms with Gasteiger partial charge in [0.1, 0.15) is 17.1 Å². The maximum Gasteiger partial charge on any atom is 0.274 e. The SMILES string of the molecule is CC(C)n1c(CN2C(=O)COc3ccc(C(=O)NO)cc32)nc2c(I)cccc21. The predicted octanol–water partition coefficient (Wildman–Crippen LogP) is 3.27. The molecule has 0 unspecified atom stereocenters. The number of amides is 2. The molecule has 0 bridgehead atoms. The summed E-state index contributed by atoms with van der Waals surface area (Å²) >= 11 is 2.26. The second-order valence-corrected chi connectivity index (χ2v) is 8.15. The van der Waals surface area contributed by atoms with Crippen molar-refractivity contribution >= 4 is 51.1 Å². The number of hydrogen-bond acceptors (Lipinski definition) is 5. The van der Waals surface area contributed by atoms with E-state index in [1.54, 1.807) is 16.4 Å². The number of halogens is 1. The van der Waals surface area contributed by atoms with Gasteiger partial charge in [0.25, 0.3) is 11.8 Å². The summed E-state index contributed by atoms with van der Waals surface area (Å²) in [5.41, 5.74) is 4.21. The van der Waals surface area contributed by atoms with E-state index < -0.39 is 5.91 Å². The van der Waals surface area contributed by atoms with Crippen molar-refractivity contribution in [3.63, 3.8) is 0 Å². The van der Waals surface area contributed by atoms with Gasteiger partial charge in [0.15, 0.2) is 6.61 Å². The smallest absolute Gasteiger partial charge is 0.274 e. The van der Waals surface area contributed by atoms with Crippen molar-refractivity contribution in [2.24, 2.45) is 0 Å². The van der Waals surface area contributed by atoms with Crippen LogP contribution in [0, 0.1) is 3.57 Å². The molecule has 2 amide bonds. The molecule has 0 spiro atoms. The number of ether oxygens (including phenoxy) is 1. The third kappa shape index (κ3) is 3.44. The van der Waals surface area contributed by atoms with Crippen LogP contribution in [0.15, 0.2) is 36.4 Å². The van der Waals surface area contributed by atoms with Crippen LogP contribution in [0.25, 0.3) is 11.0 Å². The van der Waals surface area contributed by atoms with Gasteiger partial charge < -0.3 is 9.30 Å². The average molecular weight is 506 g/mol. The lowest BCUT2D eigenvalue weighted by Crippen LogP contribution is -2.39. The number of nitrogens with one attached hydrogen (secondary N) is 1. The molecule has 2 heterocycles. The van der Waals surface area contributed by atoms with Crippen LogP contribution in [0.1, 0.15) is 36.1 Å². The van der Waals surface area contributed by atoms with Gasteiger partial charge in [-0.25, -0.2) is 10.5 Å². The van der Waals surface area contributed by atoms with Gasteiger partial charge in [-0.3, -0.25) is 19.7 Å². The first kappa shape index (κ1) is 19.6. The van der Waals surface area contributed by atoms with E-state index in [4.69, 9.17) is 14.9 Å². The van der Waals surface area contributed by atoms with Crippen molar-refractivity contribution in [1.82, 2.24) is 15.0 Å². The highest BCUT2D eigenvalue weighted by Crippen LogP contribution is 2.35. The molecule has 8 nitrogen and oxygen atoms in total. The van der Waals surface area contributed by atoms with E-state index >= 15 is 0 Å². The molecule has 0 aliphatic carbocycles. The molecule has 9 heteroatoms. The number of carbonyl (C=O) groups is 2. The highest BCUT2D eigenvalue weighted by Gasteiger charge is 2.29. The number of hydroxylamine groups is 1. The first-order chi connectivity index (χ1) is 13.9. The molecule has 0 saturated carbocycles. The molecule has 1 aliphatic heterocycles. The summed E-state index contributed by atoms with van der Waals surface area (Å²) in [7, 11) is 0. The summed E-state index contributed by atoms with van der Waals surface area (Å²) in [4.78, 5) is 30.9. The van der Waals surface area contributed by atoms with Gasteiger partial charge in [0.05, 0.1) is 17.7 Å². The molecule has 1 aliphatic rings. The van der Waals surface area contributed by atoms with Gasteiger partial charge in [0, 0.05) is 15.2 Å². The monoisotopic (exact) mass is 506 g/mol. The van der Waals surface area contributed by atoms with Crippen LogP contribution < -0.4 is 15.1 Å². The summed E-state index contributed by atoms with van der Waals surface area (Å²) in [5, 5.41) is 8.92. The molecule has 150 valence electrons. The van der Waals surface area contributed by atoms with Gasteiger partial charge in [0.2, 0.25) is 0 Å². The van der Waals surface area contributed by atoms with Gasteiger partial charge in [-0.05, 0) is 66.8 Å². The zero-order valence-electron chi connectivity index (χ0n) is 15.8. The van der Waals surface area contributed by atoms with Crippen molar-refractivity contribution in [2.75, 3.05) is 11.5 Å². The van der Waals surface area contributed by atoms with Gasteiger partial charge >= 0.3 is 0 Å². The molecule has 29 heavy (non-hydrogen) atoms. The predicted molar refractivity (Wildman–Crippen MR) is 115 cm³/mol. The zero-order chi connectivity index (χ0) is 20.7. The lowest BCUT2D eigenvalue weighted by atomic mass is 10.1. The Hall–Kier alpha value is -2.66. The minimum atomic E-state index is -0.658. The van der Waals surface area contributed by atoms with Crippen LogP contribution in [0.5, 0.6) is 5.75 Å². The van der Waals surface area contributed by atoms with Crippen LogP contribution in [-0.4, -0.2) is 33.2 Å². The van der Waals surface area contributed by atoms with Crippen molar-refractivity contribution in [2.45, 2.75) is 26.4 Å². The second kappa shape index (κ2) is 7.64. The number of anilines is 1. The maximum atomic E-state index is 12.7. The van der Waals surface area contributed by atoms with Crippen molar-refractivity contribution < 1.29 is 19.5 Å². The van der Waals surface area contributed by atoms with Gasteiger partial charge in [-0.15, -0.1) is 0 Å². The molecule has 0 radical (unpaired) electrons. The molecule has 2 aromatic carbocycles. The molecule has 0 atom stereocenters. The largest absolute Gasteiger partial charge is 0.482 e. The number of benzene rings is 2. The topological polar surface area (TPSA) is 96.7 Å². The third-order valence-corrected chi connectivity index (χ3v) is 5.70. The minimum Gasteiger partial charge on any atom is -0.482 e. The molecule has 1 aromatic heterocycles. The van der Waals surface area contributed by atoms with E-state index in [1.165, 1.54) is 12.1 Å². The van der Waals surface area contributed by atoms with Crippen molar-refractivity contribution in [3.05, 3.63) is 51.4 Å². The standard InChI is InChI=1S/C20H19IN4O4/c1-11(2)25-14-5-3-4-13(21)19(14)22-17(25)9-24-15-8-12(20(27)23-28)6-7-16(15)29-10-18(24)26/h3-8,11,28H,9-10H2,1-2H3,(H,23,27). The molecule has 0 fully saturated rings. The summed E-state index contributed by atoms with van der Waals surface area (Å²) in [6.07, 6.45) is 0. The van der Waals surface area contributed by atoms with E-state index in [0.717, 1.165) is 20.4 Å². The van der Waals surface area contributed by atoms with Crippen molar-refractivity contribution in [3.8, 4) is 5.75 Å². The Labute approximate surface area is 180 Å². The van der Waals surface area contributed by atoms with Gasteiger partial charge in [-0.2, -0.15) is 0 Å². The fraction of sp³-hybridized carbons (Fsp3) is 0.250. The number of carbonyl (C=O) groups excluding carboxylic acids is 2. The molecule has 0 saturated heterocycles. The Morgan fingerprint density at radius 3 is 2.86 bits per heavy atom. The number of aromatic nitrogens is 2. The fourth-order valence-electron chi connectivity index (χ4n) is 3.54.